The Hall–Kier alpha value is -3.16. The first-order valence-corrected chi connectivity index (χ1v) is 12.5. The van der Waals surface area contributed by atoms with E-state index in [9.17, 15) is 13.2 Å². The maximum Gasteiger partial charge on any atom is 0.240 e. The topological polar surface area (TPSA) is 81.1 Å². The van der Waals surface area contributed by atoms with E-state index in [1.165, 1.54) is 0 Å². The monoisotopic (exact) mass is 467 g/mol. The van der Waals surface area contributed by atoms with Crippen molar-refractivity contribution in [3.05, 3.63) is 101 Å². The summed E-state index contributed by atoms with van der Waals surface area (Å²) in [5.41, 5.74) is 3.18. The first-order chi connectivity index (χ1) is 15.3. The lowest BCUT2D eigenvalue weighted by Gasteiger charge is -2.20. The van der Waals surface area contributed by atoms with Crippen LogP contribution >= 0.6 is 11.6 Å². The van der Waals surface area contributed by atoms with Gasteiger partial charge < -0.3 is 9.88 Å². The van der Waals surface area contributed by atoms with Crippen LogP contribution in [0.2, 0.25) is 5.02 Å². The molecular weight excluding hydrogens is 446 g/mol. The van der Waals surface area contributed by atoms with Gasteiger partial charge in [0.1, 0.15) is 18.1 Å². The van der Waals surface area contributed by atoms with Crippen molar-refractivity contribution >= 4 is 38.4 Å². The Morgan fingerprint density at radius 3 is 2.28 bits per heavy atom. The molecule has 8 heteroatoms. The van der Waals surface area contributed by atoms with Crippen LogP contribution in [-0.4, -0.2) is 30.1 Å². The zero-order valence-electron chi connectivity index (χ0n) is 17.4. The third-order valence-corrected chi connectivity index (χ3v) is 6.10. The van der Waals surface area contributed by atoms with Gasteiger partial charge in [-0.05, 0) is 35.4 Å². The fourth-order valence-corrected chi connectivity index (χ4v) is 4.47. The zero-order chi connectivity index (χ0) is 22.7. The van der Waals surface area contributed by atoms with Gasteiger partial charge in [-0.3, -0.25) is 4.79 Å². The van der Waals surface area contributed by atoms with Gasteiger partial charge in [-0.25, -0.2) is 13.4 Å². The van der Waals surface area contributed by atoms with E-state index in [0.29, 0.717) is 21.9 Å². The van der Waals surface area contributed by atoms with Crippen LogP contribution in [0.5, 0.6) is 0 Å². The molecule has 1 heterocycles. The predicted molar refractivity (Wildman–Crippen MR) is 126 cm³/mol. The number of fused-ring (bicyclic) bond motifs is 1. The minimum absolute atomic E-state index is 0.0533. The highest BCUT2D eigenvalue weighted by molar-refractivity contribution is 7.89. The molecule has 0 radical (unpaired) electrons. The van der Waals surface area contributed by atoms with E-state index >= 15 is 0 Å². The number of halogens is 1. The van der Waals surface area contributed by atoms with Crippen LogP contribution in [0.25, 0.3) is 11.0 Å². The molecule has 4 aromatic rings. The molecule has 1 N–H and O–H groups in total. The number of nitrogens with one attached hydrogen (secondary N) is 1. The van der Waals surface area contributed by atoms with Gasteiger partial charge in [0.25, 0.3) is 0 Å². The Kier molecular flexibility index (Phi) is 6.30. The van der Waals surface area contributed by atoms with Gasteiger partial charge in [0.15, 0.2) is 9.84 Å². The molecule has 1 unspecified atom stereocenters. The van der Waals surface area contributed by atoms with Crippen molar-refractivity contribution in [1.29, 1.82) is 0 Å². The fourth-order valence-electron chi connectivity index (χ4n) is 3.66. The number of sulfone groups is 1. The second kappa shape index (κ2) is 9.14. The average molecular weight is 468 g/mol. The number of aromatic nitrogens is 2. The van der Waals surface area contributed by atoms with E-state index < -0.39 is 9.84 Å². The molecule has 0 bridgehead atoms. The number of imidazole rings is 1. The number of para-hydroxylation sites is 2. The van der Waals surface area contributed by atoms with Gasteiger partial charge in [0.2, 0.25) is 5.91 Å². The summed E-state index contributed by atoms with van der Waals surface area (Å²) in [7, 11) is -3.32. The van der Waals surface area contributed by atoms with Gasteiger partial charge >= 0.3 is 0 Å². The molecule has 1 atom stereocenters. The maximum atomic E-state index is 13.2. The minimum Gasteiger partial charge on any atom is -0.344 e. The van der Waals surface area contributed by atoms with E-state index in [2.05, 4.69) is 10.3 Å². The summed E-state index contributed by atoms with van der Waals surface area (Å²) in [6, 6.07) is 23.9. The summed E-state index contributed by atoms with van der Waals surface area (Å²) >= 11 is 6.04. The van der Waals surface area contributed by atoms with E-state index in [1.54, 1.807) is 22.8 Å². The fraction of sp³-hybridized carbons (Fsp3) is 0.167. The van der Waals surface area contributed by atoms with Crippen LogP contribution in [0, 0.1) is 0 Å². The molecule has 0 spiro atoms. The van der Waals surface area contributed by atoms with Gasteiger partial charge in [0.05, 0.1) is 17.1 Å². The summed E-state index contributed by atoms with van der Waals surface area (Å²) in [6.07, 6.45) is 1.16. The summed E-state index contributed by atoms with van der Waals surface area (Å²) in [4.78, 5) is 17.6. The van der Waals surface area contributed by atoms with E-state index in [4.69, 9.17) is 11.6 Å². The Balaban J connectivity index is 1.66. The van der Waals surface area contributed by atoms with Crippen LogP contribution in [0.3, 0.4) is 0 Å². The number of carbonyl (C=O) groups excluding carboxylic acids is 1. The number of hydrogen-bond acceptors (Lipinski definition) is 4. The van der Waals surface area contributed by atoms with Crippen LogP contribution in [0.15, 0.2) is 78.9 Å². The molecule has 164 valence electrons. The molecule has 0 saturated carbocycles. The van der Waals surface area contributed by atoms with E-state index in [0.717, 1.165) is 17.4 Å². The maximum absolute atomic E-state index is 13.2. The van der Waals surface area contributed by atoms with Gasteiger partial charge in [-0.1, -0.05) is 66.2 Å². The van der Waals surface area contributed by atoms with Gasteiger partial charge in [0, 0.05) is 11.3 Å². The van der Waals surface area contributed by atoms with E-state index in [1.807, 2.05) is 60.7 Å². The third-order valence-electron chi connectivity index (χ3n) is 5.07. The molecule has 1 aromatic heterocycles. The molecular formula is C24H22ClN3O3S. The molecule has 0 saturated heterocycles. The van der Waals surface area contributed by atoms with Crippen LogP contribution < -0.4 is 5.32 Å². The molecule has 0 aliphatic heterocycles. The summed E-state index contributed by atoms with van der Waals surface area (Å²) in [5.74, 6) is -0.160. The second-order valence-electron chi connectivity index (χ2n) is 7.64. The third kappa shape index (κ3) is 5.18. The highest BCUT2D eigenvalue weighted by atomic mass is 35.5. The largest absolute Gasteiger partial charge is 0.344 e. The molecule has 4 rings (SSSR count). The van der Waals surface area contributed by atoms with Crippen molar-refractivity contribution in [2.45, 2.75) is 18.3 Å². The van der Waals surface area contributed by atoms with Crippen molar-refractivity contribution in [1.82, 2.24) is 14.9 Å². The second-order valence-corrected chi connectivity index (χ2v) is 10.2. The first kappa shape index (κ1) is 22.0. The average Bonchev–Trinajstić information content (AvgIpc) is 3.08. The first-order valence-electron chi connectivity index (χ1n) is 10.0. The molecule has 32 heavy (non-hydrogen) atoms. The summed E-state index contributed by atoms with van der Waals surface area (Å²) in [6.45, 7) is -0.0533. The standard InChI is InChI=1S/C24H22ClN3O3S/c1-32(30,31)16-22-26-20-9-5-6-10-21(20)28(22)15-23(29)27-24(17-7-3-2-4-8-17)18-11-13-19(25)14-12-18/h2-14,24H,15-16H2,1H3,(H,27,29). The lowest BCUT2D eigenvalue weighted by molar-refractivity contribution is -0.122. The Labute approximate surface area is 191 Å². The quantitative estimate of drug-likeness (QED) is 0.443. The van der Waals surface area contributed by atoms with Gasteiger partial charge in [-0.2, -0.15) is 0 Å². The molecule has 0 aliphatic rings. The van der Waals surface area contributed by atoms with Crippen molar-refractivity contribution < 1.29 is 13.2 Å². The minimum atomic E-state index is -3.32. The Morgan fingerprint density at radius 2 is 1.59 bits per heavy atom. The number of nitrogens with zero attached hydrogens (tertiary/aromatic N) is 2. The summed E-state index contributed by atoms with van der Waals surface area (Å²) in [5, 5.41) is 3.70. The lowest BCUT2D eigenvalue weighted by atomic mass is 9.98. The molecule has 6 nitrogen and oxygen atoms in total. The summed E-state index contributed by atoms with van der Waals surface area (Å²) < 4.78 is 25.5. The van der Waals surface area contributed by atoms with Gasteiger partial charge in [-0.15, -0.1) is 0 Å². The Morgan fingerprint density at radius 1 is 0.969 bits per heavy atom. The highest BCUT2D eigenvalue weighted by Crippen LogP contribution is 2.24. The van der Waals surface area contributed by atoms with Crippen LogP contribution in [0.4, 0.5) is 0 Å². The normalized spacial score (nSPS) is 12.6. The van der Waals surface area contributed by atoms with Crippen molar-refractivity contribution in [3.63, 3.8) is 0 Å². The molecule has 1 amide bonds. The molecule has 3 aromatic carbocycles. The Bertz CT molecular complexity index is 1350. The molecule has 0 fully saturated rings. The number of carbonyl (C=O) groups is 1. The van der Waals surface area contributed by atoms with Crippen molar-refractivity contribution in [2.75, 3.05) is 6.26 Å². The number of rotatable bonds is 7. The predicted octanol–water partition coefficient (Wildman–Crippen LogP) is 4.14. The molecule has 0 aliphatic carbocycles. The smallest absolute Gasteiger partial charge is 0.240 e. The zero-order valence-corrected chi connectivity index (χ0v) is 19.0. The lowest BCUT2D eigenvalue weighted by Crippen LogP contribution is -2.32. The number of hydrogen-bond donors (Lipinski definition) is 1. The van der Waals surface area contributed by atoms with Crippen molar-refractivity contribution in [3.8, 4) is 0 Å². The number of amides is 1. The number of benzene rings is 3. The van der Waals surface area contributed by atoms with Crippen LogP contribution in [-0.2, 0) is 26.9 Å². The van der Waals surface area contributed by atoms with Crippen LogP contribution in [0.1, 0.15) is 23.0 Å². The van der Waals surface area contributed by atoms with Crippen molar-refractivity contribution in [2.24, 2.45) is 0 Å². The highest BCUT2D eigenvalue weighted by Gasteiger charge is 2.20. The SMILES string of the molecule is CS(=O)(=O)Cc1nc2ccccc2n1CC(=O)NC(c1ccccc1)c1ccc(Cl)cc1. The van der Waals surface area contributed by atoms with E-state index in [-0.39, 0.29) is 24.2 Å².